The highest BCUT2D eigenvalue weighted by molar-refractivity contribution is 6.65. The maximum absolute atomic E-state index is 13.2. The zero-order valence-electron chi connectivity index (χ0n) is 14.3. The molecule has 138 valence electrons. The molecular formula is C16H20F2O6Si. The van der Waals surface area contributed by atoms with E-state index in [0.717, 1.165) is 26.0 Å². The van der Waals surface area contributed by atoms with Crippen LogP contribution in [0.2, 0.25) is 6.04 Å². The molecule has 1 aromatic carbocycles. The van der Waals surface area contributed by atoms with Crippen molar-refractivity contribution in [3.63, 3.8) is 0 Å². The number of halogens is 2. The summed E-state index contributed by atoms with van der Waals surface area (Å²) in [6, 6.07) is 3.07. The number of carbonyl (C=O) groups excluding carboxylic acids is 3. The van der Waals surface area contributed by atoms with E-state index in [-0.39, 0.29) is 18.0 Å². The second-order valence-corrected chi connectivity index (χ2v) is 7.85. The third kappa shape index (κ3) is 7.00. The van der Waals surface area contributed by atoms with E-state index in [0.29, 0.717) is 12.8 Å². The van der Waals surface area contributed by atoms with E-state index in [4.69, 9.17) is 13.3 Å². The molecule has 0 saturated heterocycles. The summed E-state index contributed by atoms with van der Waals surface area (Å²) in [6.07, 6.45) is 0.809. The minimum atomic E-state index is -3.90. The second-order valence-electron chi connectivity index (χ2n) is 5.37. The normalized spacial score (nSPS) is 10.9. The standard InChI is InChI=1S/C16H20F2O6Si/c1-4-5-8-25(22-11(2)19,23-12(3)20)24-16(21)10-13-6-7-14(17)15(18)9-13/h6-7,9H,4-5,8,10H2,1-3H3. The summed E-state index contributed by atoms with van der Waals surface area (Å²) in [4.78, 5) is 34.9. The maximum Gasteiger partial charge on any atom is 0.705 e. The Labute approximate surface area is 145 Å². The molecule has 0 aliphatic carbocycles. The Kier molecular flexibility index (Phi) is 7.68. The first-order valence-corrected chi connectivity index (χ1v) is 9.65. The van der Waals surface area contributed by atoms with E-state index in [1.807, 2.05) is 6.92 Å². The number of unbranched alkanes of at least 4 members (excludes halogenated alkanes) is 1. The smallest absolute Gasteiger partial charge is 0.455 e. The largest absolute Gasteiger partial charge is 0.705 e. The van der Waals surface area contributed by atoms with Crippen LogP contribution in [0.15, 0.2) is 18.2 Å². The van der Waals surface area contributed by atoms with Crippen LogP contribution in [0.3, 0.4) is 0 Å². The molecule has 25 heavy (non-hydrogen) atoms. The third-order valence-electron chi connectivity index (χ3n) is 3.04. The molecule has 1 rings (SSSR count). The molecule has 9 heteroatoms. The summed E-state index contributed by atoms with van der Waals surface area (Å²) in [5, 5.41) is 0. The van der Waals surface area contributed by atoms with Gasteiger partial charge in [0, 0.05) is 13.8 Å². The van der Waals surface area contributed by atoms with Crippen LogP contribution in [-0.4, -0.2) is 26.7 Å². The average Bonchev–Trinajstić information content (AvgIpc) is 2.47. The lowest BCUT2D eigenvalue weighted by atomic mass is 10.1. The number of hydrogen-bond donors (Lipinski definition) is 0. The van der Waals surface area contributed by atoms with E-state index in [1.54, 1.807) is 0 Å². The lowest BCUT2D eigenvalue weighted by Crippen LogP contribution is -2.49. The molecule has 0 unspecified atom stereocenters. The van der Waals surface area contributed by atoms with Gasteiger partial charge in [-0.25, -0.2) is 8.78 Å². The van der Waals surface area contributed by atoms with Gasteiger partial charge in [-0.05, 0) is 24.1 Å². The quantitative estimate of drug-likeness (QED) is 0.651. The molecule has 0 spiro atoms. The summed E-state index contributed by atoms with van der Waals surface area (Å²) >= 11 is 0. The Balaban J connectivity index is 2.95. The van der Waals surface area contributed by atoms with Crippen LogP contribution in [-0.2, 0) is 34.1 Å². The number of hydrogen-bond acceptors (Lipinski definition) is 6. The molecule has 0 aliphatic rings. The highest BCUT2D eigenvalue weighted by Gasteiger charge is 2.51. The van der Waals surface area contributed by atoms with Crippen LogP contribution < -0.4 is 0 Å². The van der Waals surface area contributed by atoms with E-state index in [1.165, 1.54) is 6.07 Å². The monoisotopic (exact) mass is 374 g/mol. The zero-order valence-corrected chi connectivity index (χ0v) is 15.3. The van der Waals surface area contributed by atoms with Gasteiger partial charge in [-0.2, -0.15) is 0 Å². The first-order chi connectivity index (χ1) is 11.7. The van der Waals surface area contributed by atoms with Crippen LogP contribution in [0.5, 0.6) is 0 Å². The summed E-state index contributed by atoms with van der Waals surface area (Å²) in [5.74, 6) is -4.49. The van der Waals surface area contributed by atoms with Gasteiger partial charge in [-0.15, -0.1) is 0 Å². The summed E-state index contributed by atoms with van der Waals surface area (Å²) in [5.41, 5.74) is 0.174. The summed E-state index contributed by atoms with van der Waals surface area (Å²) < 4.78 is 41.6. The fourth-order valence-corrected chi connectivity index (χ4v) is 4.59. The Morgan fingerprint density at radius 3 is 2.08 bits per heavy atom. The molecule has 1 aromatic rings. The van der Waals surface area contributed by atoms with Crippen molar-refractivity contribution in [1.82, 2.24) is 0 Å². The van der Waals surface area contributed by atoms with Crippen LogP contribution in [0.4, 0.5) is 8.78 Å². The lowest BCUT2D eigenvalue weighted by molar-refractivity contribution is -0.148. The van der Waals surface area contributed by atoms with Gasteiger partial charge < -0.3 is 13.3 Å². The average molecular weight is 374 g/mol. The molecule has 0 fully saturated rings. The van der Waals surface area contributed by atoms with Gasteiger partial charge in [0.05, 0.1) is 12.5 Å². The number of carbonyl (C=O) groups is 3. The molecule has 0 aliphatic heterocycles. The van der Waals surface area contributed by atoms with Gasteiger partial charge in [0.1, 0.15) is 0 Å². The van der Waals surface area contributed by atoms with Gasteiger partial charge in [0.25, 0.3) is 11.9 Å². The fourth-order valence-electron chi connectivity index (χ4n) is 2.07. The van der Waals surface area contributed by atoms with E-state index in [2.05, 4.69) is 0 Å². The Hall–Kier alpha value is -2.29. The third-order valence-corrected chi connectivity index (χ3v) is 5.74. The lowest BCUT2D eigenvalue weighted by Gasteiger charge is -2.26. The van der Waals surface area contributed by atoms with Crippen LogP contribution in [0, 0.1) is 11.6 Å². The van der Waals surface area contributed by atoms with E-state index < -0.39 is 38.3 Å². The highest BCUT2D eigenvalue weighted by Crippen LogP contribution is 2.21. The first-order valence-electron chi connectivity index (χ1n) is 7.72. The molecule has 0 amide bonds. The molecule has 0 radical (unpaired) electrons. The van der Waals surface area contributed by atoms with Gasteiger partial charge >= 0.3 is 14.8 Å². The minimum Gasteiger partial charge on any atom is -0.455 e. The molecule has 0 bridgehead atoms. The van der Waals surface area contributed by atoms with Crippen molar-refractivity contribution in [3.05, 3.63) is 35.4 Å². The van der Waals surface area contributed by atoms with Crippen LogP contribution in [0.1, 0.15) is 39.2 Å². The Morgan fingerprint density at radius 1 is 1.00 bits per heavy atom. The number of benzene rings is 1. The first kappa shape index (κ1) is 20.8. The second kappa shape index (κ2) is 9.26. The van der Waals surface area contributed by atoms with Crippen LogP contribution in [0.25, 0.3) is 0 Å². The van der Waals surface area contributed by atoms with Crippen molar-refractivity contribution in [2.45, 2.75) is 46.1 Å². The van der Waals surface area contributed by atoms with Crippen molar-refractivity contribution in [3.8, 4) is 0 Å². The van der Waals surface area contributed by atoms with Crippen molar-refractivity contribution in [2.24, 2.45) is 0 Å². The number of rotatable bonds is 8. The van der Waals surface area contributed by atoms with Crippen LogP contribution >= 0.6 is 0 Å². The Bertz CT molecular complexity index is 634. The molecule has 0 N–H and O–H groups in total. The van der Waals surface area contributed by atoms with Gasteiger partial charge in [0.15, 0.2) is 11.6 Å². The van der Waals surface area contributed by atoms with E-state index in [9.17, 15) is 23.2 Å². The zero-order chi connectivity index (χ0) is 19.0. The predicted octanol–water partition coefficient (Wildman–Crippen LogP) is 2.92. The summed E-state index contributed by atoms with van der Waals surface area (Å²) in [7, 11) is -3.90. The van der Waals surface area contributed by atoms with Gasteiger partial charge in [-0.3, -0.25) is 14.4 Å². The minimum absolute atomic E-state index is 0.0895. The Morgan fingerprint density at radius 2 is 1.60 bits per heavy atom. The molecule has 0 aromatic heterocycles. The van der Waals surface area contributed by atoms with Crippen molar-refractivity contribution >= 4 is 26.7 Å². The van der Waals surface area contributed by atoms with Gasteiger partial charge in [0.2, 0.25) is 0 Å². The molecule has 0 saturated carbocycles. The molecule has 6 nitrogen and oxygen atoms in total. The molecule has 0 atom stereocenters. The van der Waals surface area contributed by atoms with Gasteiger partial charge in [-0.1, -0.05) is 19.4 Å². The van der Waals surface area contributed by atoms with Crippen molar-refractivity contribution < 1.29 is 36.4 Å². The highest BCUT2D eigenvalue weighted by atomic mass is 28.4. The predicted molar refractivity (Wildman–Crippen MR) is 85.2 cm³/mol. The molecular weight excluding hydrogens is 354 g/mol. The topological polar surface area (TPSA) is 78.9 Å². The fraction of sp³-hybridized carbons (Fsp3) is 0.438. The summed E-state index contributed by atoms with van der Waals surface area (Å²) in [6.45, 7) is 4.09. The van der Waals surface area contributed by atoms with Crippen molar-refractivity contribution in [2.75, 3.05) is 0 Å². The SMILES string of the molecule is CCCC[Si](OC(C)=O)(OC(C)=O)OC(=O)Cc1ccc(F)c(F)c1. The van der Waals surface area contributed by atoms with Crippen molar-refractivity contribution in [1.29, 1.82) is 0 Å². The maximum atomic E-state index is 13.2. The van der Waals surface area contributed by atoms with E-state index >= 15 is 0 Å². The molecule has 0 heterocycles.